The quantitative estimate of drug-likeness (QED) is 0.0580. The second-order valence-electron chi connectivity index (χ2n) is 24.5. The van der Waals surface area contributed by atoms with Gasteiger partial charge in [-0.1, -0.05) is 137 Å². The fourth-order valence-corrected chi connectivity index (χ4v) is 12.4. The summed E-state index contributed by atoms with van der Waals surface area (Å²) in [5.41, 5.74) is 27.3. The van der Waals surface area contributed by atoms with Gasteiger partial charge in [-0.25, -0.2) is 32.4 Å². The van der Waals surface area contributed by atoms with Gasteiger partial charge < -0.3 is 35.8 Å². The number of carboxylic acids is 1. The predicted octanol–water partition coefficient (Wildman–Crippen LogP) is 11.9. The van der Waals surface area contributed by atoms with E-state index in [1.54, 1.807) is 62.6 Å². The molecule has 0 saturated carbocycles. The Morgan fingerprint density at radius 3 is 1.05 bits per heavy atom. The summed E-state index contributed by atoms with van der Waals surface area (Å²) in [7, 11) is -1.47. The Balaban J connectivity index is 0.000000148. The number of aryl methyl sites for hydroxylation is 4. The number of rotatable bonds is 14. The Hall–Kier alpha value is -12.5. The summed E-state index contributed by atoms with van der Waals surface area (Å²) in [6.45, 7) is 12.1. The van der Waals surface area contributed by atoms with Gasteiger partial charge in [-0.15, -0.1) is 0 Å². The number of carbonyl (C=O) groups is 4. The van der Waals surface area contributed by atoms with Crippen molar-refractivity contribution in [1.29, 1.82) is 0 Å². The van der Waals surface area contributed by atoms with Crippen LogP contribution in [-0.4, -0.2) is 123 Å². The van der Waals surface area contributed by atoms with E-state index in [0.717, 1.165) is 117 Å². The van der Waals surface area contributed by atoms with Crippen LogP contribution < -0.4 is 40.8 Å². The Bertz CT molecular complexity index is 5810. The van der Waals surface area contributed by atoms with Crippen LogP contribution in [0.15, 0.2) is 272 Å². The smallest absolute Gasteiger partial charge is 0.870 e. The van der Waals surface area contributed by atoms with Crippen molar-refractivity contribution in [2.75, 3.05) is 13.2 Å². The maximum absolute atomic E-state index is 12.2. The zero-order valence-electron chi connectivity index (χ0n) is 61.0. The van der Waals surface area contributed by atoms with Crippen molar-refractivity contribution < 1.29 is 78.8 Å². The number of amides is 1. The number of halogens is 1. The van der Waals surface area contributed by atoms with Gasteiger partial charge in [0, 0.05) is 68.7 Å². The number of nitrogens with zero attached hydrogens (tertiary/aromatic N) is 12. The average molecular weight is 1540 g/mol. The van der Waals surface area contributed by atoms with Crippen LogP contribution in [0.1, 0.15) is 78.1 Å². The standard InChI is InChI=1S/C22H19N3O2.C20H16N4O.C20H15N3O2.C12H12BNO2.C10H9BrN2O2.Na.H2O/c1-3-27-22(26)19-14-23-25-12-11-16(13-21(19)25)17-8-4-5-9-18(17)20-10-6-7-15(2)24-20;1-13-5-4-8-18(23-13)16-7-3-2-6-15(16)14-9-10-24-19(11-14)17(12-22-24)20(21)25;1-13-5-4-8-18(22-13)16-7-3-2-6-15(16)14-9-10-23-19(11-14)17(12-21-23)20(24)25;1-9-5-4-8-12(14-9)10-6-2-3-7-11(10)13(15)16;1-2-15-10(14)8-6-12-13-4-3-7(11)5-9(8)13;;/h4-14H,3H2,1-2H3;2-12H,1H3,(H2,21,25);2-12H,1H3,(H,24,25);2-8,15-16H,1H3;3-6H,2H2,1H3;;1H2/q;;;;;+1;/p-1. The topological polar surface area (TPSA) is 324 Å². The monoisotopic (exact) mass is 1540 g/mol. The molecule has 0 spiro atoms. The van der Waals surface area contributed by atoms with Gasteiger partial charge in [-0.3, -0.25) is 24.7 Å². The number of nitrogens with two attached hydrogens (primary N) is 1. The molecule has 0 bridgehead atoms. The van der Waals surface area contributed by atoms with Crippen molar-refractivity contribution >= 4 is 74.4 Å². The number of carboxylic acid groups (broad SMARTS) is 1. The number of hydrogen-bond acceptors (Lipinski definition) is 17. The summed E-state index contributed by atoms with van der Waals surface area (Å²) in [4.78, 5) is 65.0. The molecule has 0 aliphatic heterocycles. The van der Waals surface area contributed by atoms with Crippen molar-refractivity contribution in [1.82, 2.24) is 58.4 Å². The van der Waals surface area contributed by atoms with E-state index in [0.29, 0.717) is 46.4 Å². The second kappa shape index (κ2) is 36.9. The molecular formula is C84H72BBrN13NaO10. The van der Waals surface area contributed by atoms with Gasteiger partial charge >= 0.3 is 54.6 Å². The molecule has 110 heavy (non-hydrogen) atoms. The van der Waals surface area contributed by atoms with Crippen LogP contribution in [0.2, 0.25) is 0 Å². The van der Waals surface area contributed by atoms with Gasteiger partial charge in [0.2, 0.25) is 0 Å². The summed E-state index contributed by atoms with van der Waals surface area (Å²) in [6.07, 6.45) is 13.2. The van der Waals surface area contributed by atoms with Crippen molar-refractivity contribution in [2.45, 2.75) is 41.5 Å². The number of pyridine rings is 8. The SMILES string of the molecule is CCOC(=O)c1cnn2ccc(-c3ccccc3-c3cccc(C)n3)cc12.CCOC(=O)c1cnn2ccc(Br)cc12.Cc1cccc(-c2ccccc2-c2ccn3ncc(C(=O)O)c3c2)n1.Cc1cccc(-c2ccccc2-c2ccn3ncc(C(N)=O)c3c2)n1.Cc1cccc(-c2ccccc2B(O)O)n1.[Na+].[OH-]. The molecule has 0 atom stereocenters. The molecule has 16 aromatic rings. The predicted molar refractivity (Wildman–Crippen MR) is 422 cm³/mol. The normalized spacial score (nSPS) is 10.6. The van der Waals surface area contributed by atoms with Gasteiger partial charge in [-0.2, -0.15) is 20.4 Å². The van der Waals surface area contributed by atoms with E-state index in [9.17, 15) is 34.3 Å². The van der Waals surface area contributed by atoms with Crippen LogP contribution in [0.4, 0.5) is 0 Å². The molecule has 544 valence electrons. The van der Waals surface area contributed by atoms with E-state index < -0.39 is 19.0 Å². The third kappa shape index (κ3) is 18.7. The first-order chi connectivity index (χ1) is 52.3. The fourth-order valence-electron chi connectivity index (χ4n) is 12.1. The van der Waals surface area contributed by atoms with Crippen LogP contribution >= 0.6 is 15.9 Å². The van der Waals surface area contributed by atoms with Gasteiger partial charge in [0.15, 0.2) is 0 Å². The number of benzene rings is 4. The number of carbonyl (C=O) groups excluding carboxylic acids is 3. The molecule has 12 aromatic heterocycles. The Labute approximate surface area is 663 Å². The van der Waals surface area contributed by atoms with Crippen LogP contribution in [0, 0.1) is 27.7 Å². The Kier molecular flexibility index (Phi) is 26.9. The van der Waals surface area contributed by atoms with E-state index in [1.165, 1.54) is 18.6 Å². The minimum absolute atomic E-state index is 0. The summed E-state index contributed by atoms with van der Waals surface area (Å²) in [5.74, 6) is -2.18. The maximum Gasteiger partial charge on any atom is 1.00 e. The number of primary amides is 1. The summed E-state index contributed by atoms with van der Waals surface area (Å²) in [5, 5.41) is 44.4. The molecule has 12 heterocycles. The van der Waals surface area contributed by atoms with Gasteiger partial charge in [-0.05, 0) is 183 Å². The minimum atomic E-state index is -1.47. The van der Waals surface area contributed by atoms with Crippen molar-refractivity contribution in [3.63, 3.8) is 0 Å². The summed E-state index contributed by atoms with van der Waals surface area (Å²) in [6, 6.07) is 70.2. The Morgan fingerprint density at radius 2 is 0.700 bits per heavy atom. The molecule has 16 rings (SSSR count). The van der Waals surface area contributed by atoms with E-state index in [2.05, 4.69) is 68.4 Å². The molecular weight excluding hydrogens is 1460 g/mol. The molecule has 0 radical (unpaired) electrons. The van der Waals surface area contributed by atoms with Gasteiger partial charge in [0.05, 0.1) is 88.4 Å². The third-order valence-corrected chi connectivity index (χ3v) is 17.6. The number of hydrogen-bond donors (Lipinski definition) is 4. The van der Waals surface area contributed by atoms with Gasteiger partial charge in [0.25, 0.3) is 5.91 Å². The van der Waals surface area contributed by atoms with Crippen molar-refractivity contribution in [3.05, 3.63) is 317 Å². The maximum atomic E-state index is 12.2. The number of esters is 2. The van der Waals surface area contributed by atoms with E-state index in [1.807, 2.05) is 234 Å². The molecule has 0 saturated heterocycles. The molecule has 0 aliphatic rings. The second-order valence-corrected chi connectivity index (χ2v) is 25.4. The summed E-state index contributed by atoms with van der Waals surface area (Å²) < 4.78 is 17.5. The van der Waals surface area contributed by atoms with Crippen LogP contribution in [0.3, 0.4) is 0 Å². The molecule has 6 N–H and O–H groups in total. The number of aromatic carboxylic acids is 1. The molecule has 4 aromatic carbocycles. The minimum Gasteiger partial charge on any atom is -0.870 e. The molecule has 26 heteroatoms. The van der Waals surface area contributed by atoms with Crippen molar-refractivity contribution in [2.24, 2.45) is 5.73 Å². The fraction of sp³-hybridized carbons (Fsp3) is 0.0952. The summed E-state index contributed by atoms with van der Waals surface area (Å²) >= 11 is 3.35. The zero-order chi connectivity index (χ0) is 76.0. The first kappa shape index (κ1) is 80.1. The molecule has 1 amide bonds. The molecule has 0 fully saturated rings. The third-order valence-electron chi connectivity index (χ3n) is 17.1. The van der Waals surface area contributed by atoms with E-state index >= 15 is 0 Å². The first-order valence-corrected chi connectivity index (χ1v) is 35.1. The number of aromatic nitrogens is 12. The van der Waals surface area contributed by atoms with E-state index in [4.69, 9.17) is 15.2 Å². The Morgan fingerprint density at radius 1 is 0.400 bits per heavy atom. The first-order valence-electron chi connectivity index (χ1n) is 34.3. The largest absolute Gasteiger partial charge is 1.00 e. The van der Waals surface area contributed by atoms with Gasteiger partial charge in [0.1, 0.15) is 16.7 Å². The number of ether oxygens (including phenoxy) is 2. The number of fused-ring (bicyclic) bond motifs is 4. The molecule has 23 nitrogen and oxygen atoms in total. The average Bonchev–Trinajstić information content (AvgIpc) is 1.49. The van der Waals surface area contributed by atoms with Crippen LogP contribution in [0.5, 0.6) is 0 Å². The van der Waals surface area contributed by atoms with Crippen LogP contribution in [0.25, 0.3) is 100 Å². The van der Waals surface area contributed by atoms with Crippen molar-refractivity contribution in [3.8, 4) is 78.4 Å². The zero-order valence-corrected chi connectivity index (χ0v) is 64.5. The van der Waals surface area contributed by atoms with Crippen LogP contribution in [-0.2, 0) is 9.47 Å². The van der Waals surface area contributed by atoms with E-state index in [-0.39, 0.29) is 52.5 Å². The molecule has 0 aliphatic carbocycles. The molecule has 0 unspecified atom stereocenters.